The van der Waals surface area contributed by atoms with Gasteiger partial charge in [0.15, 0.2) is 0 Å². The number of thioether (sulfide) groups is 1. The Morgan fingerprint density at radius 3 is 2.53 bits per heavy atom. The summed E-state index contributed by atoms with van der Waals surface area (Å²) < 4.78 is 5.70. The van der Waals surface area contributed by atoms with Crippen LogP contribution in [0.25, 0.3) is 0 Å². The molecule has 1 aliphatic heterocycles. The third-order valence-corrected chi connectivity index (χ3v) is 6.08. The van der Waals surface area contributed by atoms with Gasteiger partial charge in [0.05, 0.1) is 11.7 Å². The van der Waals surface area contributed by atoms with Gasteiger partial charge in [-0.2, -0.15) is 0 Å². The number of hydrogen-bond donors (Lipinski definition) is 1. The number of nitrogens with zero attached hydrogens (tertiary/aromatic N) is 3. The molecule has 0 radical (unpaired) electrons. The first-order chi connectivity index (χ1) is 14.7. The molecule has 30 heavy (non-hydrogen) atoms. The van der Waals surface area contributed by atoms with Crippen molar-refractivity contribution in [2.75, 3.05) is 23.3 Å². The molecule has 1 saturated heterocycles. The van der Waals surface area contributed by atoms with Gasteiger partial charge in [-0.1, -0.05) is 42.1 Å². The molecule has 1 fully saturated rings. The van der Waals surface area contributed by atoms with Crippen molar-refractivity contribution in [3.8, 4) is 0 Å². The zero-order valence-electron chi connectivity index (χ0n) is 17.1. The molecule has 6 nitrogen and oxygen atoms in total. The number of carbonyl (C=O) groups is 1. The van der Waals surface area contributed by atoms with E-state index in [9.17, 15) is 4.79 Å². The lowest BCUT2D eigenvalue weighted by Crippen LogP contribution is -2.29. The van der Waals surface area contributed by atoms with Crippen molar-refractivity contribution in [2.24, 2.45) is 0 Å². The van der Waals surface area contributed by atoms with Gasteiger partial charge in [0.1, 0.15) is 0 Å². The van der Waals surface area contributed by atoms with E-state index in [1.54, 1.807) is 0 Å². The Bertz CT molecular complexity index is 953. The Kier molecular flexibility index (Phi) is 6.69. The van der Waals surface area contributed by atoms with Gasteiger partial charge in [-0.15, -0.1) is 10.2 Å². The van der Waals surface area contributed by atoms with E-state index in [4.69, 9.17) is 4.42 Å². The monoisotopic (exact) mass is 422 g/mol. The van der Waals surface area contributed by atoms with Crippen molar-refractivity contribution in [3.05, 3.63) is 66.1 Å². The van der Waals surface area contributed by atoms with Gasteiger partial charge in [-0.25, -0.2) is 0 Å². The van der Waals surface area contributed by atoms with E-state index in [2.05, 4.69) is 32.5 Å². The lowest BCUT2D eigenvalue weighted by atomic mass is 10.1. The molecule has 2 aromatic carbocycles. The van der Waals surface area contributed by atoms with E-state index in [1.165, 1.54) is 36.7 Å². The standard InChI is InChI=1S/C23H26N4O2S/c1-17(30-23-26-25-21(29-23)16-18-8-4-2-5-9-18)22(28)24-19-10-12-20(13-11-19)27-14-6-3-7-15-27/h2,4-5,8-13,17H,3,6-7,14-16H2,1H3,(H,24,28). The second kappa shape index (κ2) is 9.80. The summed E-state index contributed by atoms with van der Waals surface area (Å²) in [6.45, 7) is 4.05. The summed E-state index contributed by atoms with van der Waals surface area (Å²) in [5.41, 5.74) is 3.12. The molecule has 1 aromatic heterocycles. The average molecular weight is 423 g/mol. The van der Waals surface area contributed by atoms with E-state index < -0.39 is 0 Å². The van der Waals surface area contributed by atoms with Gasteiger partial charge < -0.3 is 14.6 Å². The van der Waals surface area contributed by atoms with E-state index in [-0.39, 0.29) is 11.2 Å². The first kappa shape index (κ1) is 20.5. The second-order valence-electron chi connectivity index (χ2n) is 7.47. The lowest BCUT2D eigenvalue weighted by Gasteiger charge is -2.28. The Morgan fingerprint density at radius 1 is 1.07 bits per heavy atom. The van der Waals surface area contributed by atoms with E-state index >= 15 is 0 Å². The highest BCUT2D eigenvalue weighted by Crippen LogP contribution is 2.25. The van der Waals surface area contributed by atoms with Crippen LogP contribution in [-0.4, -0.2) is 34.4 Å². The van der Waals surface area contributed by atoms with Crippen LogP contribution in [0.3, 0.4) is 0 Å². The second-order valence-corrected chi connectivity index (χ2v) is 8.76. The van der Waals surface area contributed by atoms with Gasteiger partial charge in [0.25, 0.3) is 5.22 Å². The summed E-state index contributed by atoms with van der Waals surface area (Å²) in [5, 5.41) is 11.2. The van der Waals surface area contributed by atoms with Crippen LogP contribution in [0, 0.1) is 0 Å². The fraction of sp³-hybridized carbons (Fsp3) is 0.348. The molecule has 4 rings (SSSR count). The number of rotatable bonds is 7. The number of anilines is 2. The fourth-order valence-corrected chi connectivity index (χ4v) is 4.18. The third-order valence-electron chi connectivity index (χ3n) is 5.15. The molecule has 1 atom stereocenters. The predicted molar refractivity (Wildman–Crippen MR) is 120 cm³/mol. The van der Waals surface area contributed by atoms with Crippen molar-refractivity contribution in [2.45, 2.75) is 43.1 Å². The Labute approximate surface area is 181 Å². The summed E-state index contributed by atoms with van der Waals surface area (Å²) in [5.74, 6) is 0.457. The molecule has 1 unspecified atom stereocenters. The molecule has 1 aliphatic rings. The van der Waals surface area contributed by atoms with Gasteiger partial charge in [-0.3, -0.25) is 4.79 Å². The summed E-state index contributed by atoms with van der Waals surface area (Å²) >= 11 is 1.27. The molecule has 7 heteroatoms. The quantitative estimate of drug-likeness (QED) is 0.553. The van der Waals surface area contributed by atoms with Crippen LogP contribution >= 0.6 is 11.8 Å². The number of piperidine rings is 1. The highest BCUT2D eigenvalue weighted by Gasteiger charge is 2.19. The average Bonchev–Trinajstić information content (AvgIpc) is 3.22. The van der Waals surface area contributed by atoms with Crippen molar-refractivity contribution in [3.63, 3.8) is 0 Å². The molecular weight excluding hydrogens is 396 g/mol. The molecule has 0 bridgehead atoms. The predicted octanol–water partition coefficient (Wildman–Crippen LogP) is 4.77. The van der Waals surface area contributed by atoms with E-state index in [0.717, 1.165) is 24.3 Å². The summed E-state index contributed by atoms with van der Waals surface area (Å²) in [6, 6.07) is 18.0. The summed E-state index contributed by atoms with van der Waals surface area (Å²) in [4.78, 5) is 15.0. The lowest BCUT2D eigenvalue weighted by molar-refractivity contribution is -0.115. The highest BCUT2D eigenvalue weighted by atomic mass is 32.2. The number of amides is 1. The Hall–Kier alpha value is -2.80. The number of benzene rings is 2. The third kappa shape index (κ3) is 5.42. The molecular formula is C23H26N4O2S. The molecule has 1 N–H and O–H groups in total. The topological polar surface area (TPSA) is 71.3 Å². The summed E-state index contributed by atoms with van der Waals surface area (Å²) in [6.07, 6.45) is 4.39. The first-order valence-electron chi connectivity index (χ1n) is 10.4. The largest absolute Gasteiger partial charge is 0.416 e. The van der Waals surface area contributed by atoms with Gasteiger partial charge >= 0.3 is 0 Å². The van der Waals surface area contributed by atoms with E-state index in [0.29, 0.717) is 17.5 Å². The maximum atomic E-state index is 12.6. The minimum atomic E-state index is -0.350. The van der Waals surface area contributed by atoms with Crippen LogP contribution in [0.1, 0.15) is 37.6 Å². The Morgan fingerprint density at radius 2 is 1.80 bits per heavy atom. The minimum absolute atomic E-state index is 0.0893. The SMILES string of the molecule is CC(Sc1nnc(Cc2ccccc2)o1)C(=O)Nc1ccc(N2CCCCC2)cc1. The molecule has 0 aliphatic carbocycles. The van der Waals surface area contributed by atoms with Gasteiger partial charge in [0, 0.05) is 24.5 Å². The number of hydrogen-bond acceptors (Lipinski definition) is 6. The maximum Gasteiger partial charge on any atom is 0.277 e. The zero-order chi connectivity index (χ0) is 20.8. The van der Waals surface area contributed by atoms with Crippen LogP contribution in [-0.2, 0) is 11.2 Å². The molecule has 2 heterocycles. The molecule has 3 aromatic rings. The normalized spacial score (nSPS) is 15.0. The molecule has 0 saturated carbocycles. The van der Waals surface area contributed by atoms with Crippen LogP contribution in [0.5, 0.6) is 0 Å². The van der Waals surface area contributed by atoms with Crippen molar-refractivity contribution in [1.29, 1.82) is 0 Å². The van der Waals surface area contributed by atoms with Crippen molar-refractivity contribution >= 4 is 29.0 Å². The smallest absolute Gasteiger partial charge is 0.277 e. The number of aromatic nitrogens is 2. The van der Waals surface area contributed by atoms with Gasteiger partial charge in [0.2, 0.25) is 11.8 Å². The van der Waals surface area contributed by atoms with Gasteiger partial charge in [-0.05, 0) is 56.0 Å². The minimum Gasteiger partial charge on any atom is -0.416 e. The van der Waals surface area contributed by atoms with Crippen LogP contribution in [0.15, 0.2) is 64.2 Å². The van der Waals surface area contributed by atoms with Crippen LogP contribution in [0.4, 0.5) is 11.4 Å². The summed E-state index contributed by atoms with van der Waals surface area (Å²) in [7, 11) is 0. The molecule has 1 amide bonds. The Balaban J connectivity index is 1.29. The molecule has 0 spiro atoms. The van der Waals surface area contributed by atoms with E-state index in [1.807, 2.05) is 49.4 Å². The van der Waals surface area contributed by atoms with Crippen LogP contribution < -0.4 is 10.2 Å². The maximum absolute atomic E-state index is 12.6. The fourth-order valence-electron chi connectivity index (χ4n) is 3.48. The first-order valence-corrected chi connectivity index (χ1v) is 11.2. The van der Waals surface area contributed by atoms with Crippen molar-refractivity contribution in [1.82, 2.24) is 10.2 Å². The zero-order valence-corrected chi connectivity index (χ0v) is 17.9. The molecule has 156 valence electrons. The van der Waals surface area contributed by atoms with Crippen LogP contribution in [0.2, 0.25) is 0 Å². The highest BCUT2D eigenvalue weighted by molar-refractivity contribution is 8.00. The number of nitrogens with one attached hydrogen (secondary N) is 1. The number of carbonyl (C=O) groups excluding carboxylic acids is 1. The van der Waals surface area contributed by atoms with Crippen molar-refractivity contribution < 1.29 is 9.21 Å².